The summed E-state index contributed by atoms with van der Waals surface area (Å²) >= 11 is 1.42. The molecule has 1 fully saturated rings. The summed E-state index contributed by atoms with van der Waals surface area (Å²) in [6.07, 6.45) is 3.83. The van der Waals surface area contributed by atoms with E-state index in [-0.39, 0.29) is 5.69 Å². The summed E-state index contributed by atoms with van der Waals surface area (Å²) in [5, 5.41) is 12.9. The Labute approximate surface area is 98.7 Å². The van der Waals surface area contributed by atoms with E-state index in [1.54, 1.807) is 6.92 Å². The molecular weight excluding hydrogens is 224 g/mol. The molecule has 16 heavy (non-hydrogen) atoms. The van der Waals surface area contributed by atoms with Crippen LogP contribution in [0.1, 0.15) is 41.6 Å². The maximum Gasteiger partial charge on any atom is 0.355 e. The lowest BCUT2D eigenvalue weighted by Crippen LogP contribution is -2.15. The third kappa shape index (κ3) is 2.72. The van der Waals surface area contributed by atoms with Crippen molar-refractivity contribution in [3.8, 4) is 0 Å². The highest BCUT2D eigenvalue weighted by molar-refractivity contribution is 7.15. The fourth-order valence-corrected chi connectivity index (χ4v) is 2.70. The van der Waals surface area contributed by atoms with Crippen LogP contribution >= 0.6 is 11.3 Å². The predicted molar refractivity (Wildman–Crippen MR) is 64.2 cm³/mol. The second-order valence-electron chi connectivity index (χ2n) is 4.45. The van der Waals surface area contributed by atoms with Gasteiger partial charge in [0.25, 0.3) is 0 Å². The highest BCUT2D eigenvalue weighted by Gasteiger charge is 2.24. The van der Waals surface area contributed by atoms with Crippen LogP contribution < -0.4 is 5.32 Å². The first-order chi connectivity index (χ1) is 7.56. The molecular formula is C11H16N2O2S. The number of hydrogen-bond acceptors (Lipinski definition) is 4. The molecule has 88 valence electrons. The molecule has 1 atom stereocenters. The summed E-state index contributed by atoms with van der Waals surface area (Å²) < 4.78 is 0. The molecule has 0 radical (unpaired) electrons. The summed E-state index contributed by atoms with van der Waals surface area (Å²) in [6.45, 7) is 3.91. The quantitative estimate of drug-likeness (QED) is 0.830. The fraction of sp³-hybridized carbons (Fsp3) is 0.636. The van der Waals surface area contributed by atoms with Gasteiger partial charge in [-0.15, -0.1) is 11.3 Å². The monoisotopic (exact) mass is 240 g/mol. The Morgan fingerprint density at radius 2 is 2.38 bits per heavy atom. The number of aryl methyl sites for hydroxylation is 1. The van der Waals surface area contributed by atoms with Crippen molar-refractivity contribution in [1.29, 1.82) is 0 Å². The van der Waals surface area contributed by atoms with Crippen LogP contribution in [-0.4, -0.2) is 22.1 Å². The van der Waals surface area contributed by atoms with E-state index in [2.05, 4.69) is 17.2 Å². The van der Waals surface area contributed by atoms with Gasteiger partial charge < -0.3 is 10.4 Å². The largest absolute Gasteiger partial charge is 0.476 e. The Morgan fingerprint density at radius 1 is 1.69 bits per heavy atom. The summed E-state index contributed by atoms with van der Waals surface area (Å²) in [5.74, 6) is -0.0841. The standard InChI is InChI=1S/C11H16N2O2S/c1-6(5-8-3-4-8)12-11-13-9(10(14)15)7(2)16-11/h6,8H,3-5H2,1-2H3,(H,12,13)(H,14,15). The second-order valence-corrected chi connectivity index (χ2v) is 5.66. The van der Waals surface area contributed by atoms with Gasteiger partial charge in [0.05, 0.1) is 0 Å². The maximum absolute atomic E-state index is 10.8. The van der Waals surface area contributed by atoms with E-state index in [1.165, 1.54) is 24.2 Å². The first-order valence-corrected chi connectivity index (χ1v) is 6.35. The third-order valence-corrected chi connectivity index (χ3v) is 3.65. The van der Waals surface area contributed by atoms with Crippen LogP contribution in [0.4, 0.5) is 5.13 Å². The normalized spacial score (nSPS) is 17.1. The second kappa shape index (κ2) is 4.41. The molecule has 2 rings (SSSR count). The van der Waals surface area contributed by atoms with Gasteiger partial charge in [0.2, 0.25) is 0 Å². The summed E-state index contributed by atoms with van der Waals surface area (Å²) in [5.41, 5.74) is 0.172. The highest BCUT2D eigenvalue weighted by atomic mass is 32.1. The number of carbonyl (C=O) groups is 1. The lowest BCUT2D eigenvalue weighted by molar-refractivity contribution is 0.0690. The third-order valence-electron chi connectivity index (χ3n) is 2.75. The van der Waals surface area contributed by atoms with Crippen molar-refractivity contribution in [1.82, 2.24) is 4.98 Å². The van der Waals surface area contributed by atoms with Gasteiger partial charge in [-0.1, -0.05) is 12.8 Å². The number of nitrogens with zero attached hydrogens (tertiary/aromatic N) is 1. The van der Waals surface area contributed by atoms with Crippen LogP contribution in [0.2, 0.25) is 0 Å². The maximum atomic E-state index is 10.8. The van der Waals surface area contributed by atoms with Crippen molar-refractivity contribution in [2.75, 3.05) is 5.32 Å². The molecule has 0 aromatic carbocycles. The van der Waals surface area contributed by atoms with Gasteiger partial charge in [-0.25, -0.2) is 9.78 Å². The number of thiazole rings is 1. The van der Waals surface area contributed by atoms with Crippen molar-refractivity contribution >= 4 is 22.4 Å². The van der Waals surface area contributed by atoms with Crippen molar-refractivity contribution in [2.24, 2.45) is 5.92 Å². The van der Waals surface area contributed by atoms with E-state index in [9.17, 15) is 4.79 Å². The van der Waals surface area contributed by atoms with E-state index in [0.717, 1.165) is 22.3 Å². The Balaban J connectivity index is 1.97. The highest BCUT2D eigenvalue weighted by Crippen LogP contribution is 2.34. The summed E-state index contributed by atoms with van der Waals surface area (Å²) in [6, 6.07) is 0.375. The van der Waals surface area contributed by atoms with Gasteiger partial charge in [-0.05, 0) is 26.2 Å². The first kappa shape index (κ1) is 11.4. The number of carboxylic acids is 1. The minimum absolute atomic E-state index is 0.172. The number of aromatic nitrogens is 1. The number of rotatable bonds is 5. The van der Waals surface area contributed by atoms with Crippen LogP contribution in [0.15, 0.2) is 0 Å². The van der Waals surface area contributed by atoms with Gasteiger partial charge in [0, 0.05) is 10.9 Å². The Hall–Kier alpha value is -1.10. The van der Waals surface area contributed by atoms with Crippen LogP contribution in [-0.2, 0) is 0 Å². The van der Waals surface area contributed by atoms with E-state index >= 15 is 0 Å². The molecule has 1 aromatic heterocycles. The molecule has 1 unspecified atom stereocenters. The molecule has 0 aliphatic heterocycles. The van der Waals surface area contributed by atoms with Crippen molar-refractivity contribution in [2.45, 2.75) is 39.2 Å². The topological polar surface area (TPSA) is 62.2 Å². The first-order valence-electron chi connectivity index (χ1n) is 5.53. The Bertz CT molecular complexity index is 399. The predicted octanol–water partition coefficient (Wildman–Crippen LogP) is 2.75. The van der Waals surface area contributed by atoms with Gasteiger partial charge in [0.1, 0.15) is 0 Å². The SMILES string of the molecule is Cc1sc(NC(C)CC2CC2)nc1C(=O)O. The molecule has 1 aliphatic carbocycles. The van der Waals surface area contributed by atoms with Crippen LogP contribution in [0.3, 0.4) is 0 Å². The van der Waals surface area contributed by atoms with Gasteiger partial charge >= 0.3 is 5.97 Å². The molecule has 1 aliphatic rings. The van der Waals surface area contributed by atoms with Crippen molar-refractivity contribution < 1.29 is 9.90 Å². The van der Waals surface area contributed by atoms with Crippen LogP contribution in [0.25, 0.3) is 0 Å². The lowest BCUT2D eigenvalue weighted by Gasteiger charge is -2.11. The van der Waals surface area contributed by atoms with E-state index in [0.29, 0.717) is 6.04 Å². The van der Waals surface area contributed by atoms with Crippen LogP contribution in [0.5, 0.6) is 0 Å². The van der Waals surface area contributed by atoms with Gasteiger partial charge in [-0.3, -0.25) is 0 Å². The van der Waals surface area contributed by atoms with Crippen molar-refractivity contribution in [3.05, 3.63) is 10.6 Å². The van der Waals surface area contributed by atoms with E-state index < -0.39 is 5.97 Å². The summed E-state index contributed by atoms with van der Waals surface area (Å²) in [7, 11) is 0. The average molecular weight is 240 g/mol. The van der Waals surface area contributed by atoms with Gasteiger partial charge in [0.15, 0.2) is 10.8 Å². The Kier molecular flexibility index (Phi) is 3.14. The number of hydrogen-bond donors (Lipinski definition) is 2. The molecule has 5 heteroatoms. The lowest BCUT2D eigenvalue weighted by atomic mass is 10.2. The minimum Gasteiger partial charge on any atom is -0.476 e. The number of aromatic carboxylic acids is 1. The average Bonchev–Trinajstić information content (AvgIpc) is 2.89. The Morgan fingerprint density at radius 3 is 2.88 bits per heavy atom. The molecule has 0 amide bonds. The van der Waals surface area contributed by atoms with Crippen LogP contribution in [0, 0.1) is 12.8 Å². The zero-order chi connectivity index (χ0) is 11.7. The number of carboxylic acid groups (broad SMARTS) is 1. The molecule has 0 saturated heterocycles. The summed E-state index contributed by atoms with van der Waals surface area (Å²) in [4.78, 5) is 15.7. The molecule has 4 nitrogen and oxygen atoms in total. The molecule has 2 N–H and O–H groups in total. The van der Waals surface area contributed by atoms with Crippen molar-refractivity contribution in [3.63, 3.8) is 0 Å². The number of anilines is 1. The molecule has 1 aromatic rings. The fourth-order valence-electron chi connectivity index (χ4n) is 1.78. The molecule has 0 spiro atoms. The minimum atomic E-state index is -0.948. The zero-order valence-corrected chi connectivity index (χ0v) is 10.3. The molecule has 0 bridgehead atoms. The number of nitrogens with one attached hydrogen (secondary N) is 1. The van der Waals surface area contributed by atoms with E-state index in [4.69, 9.17) is 5.11 Å². The smallest absolute Gasteiger partial charge is 0.355 e. The van der Waals surface area contributed by atoms with E-state index in [1.807, 2.05) is 0 Å². The zero-order valence-electron chi connectivity index (χ0n) is 9.49. The molecule has 1 saturated carbocycles. The molecule has 1 heterocycles. The van der Waals surface area contributed by atoms with Gasteiger partial charge in [-0.2, -0.15) is 0 Å².